The number of aromatic carboxylic acids is 1. The van der Waals surface area contributed by atoms with E-state index in [-0.39, 0.29) is 17.1 Å². The number of sulfonamides is 1. The number of nitrogens with one attached hydrogen (secondary N) is 2. The Kier molecular flexibility index (Phi) is 4.39. The van der Waals surface area contributed by atoms with Crippen molar-refractivity contribution in [3.05, 3.63) is 47.4 Å². The van der Waals surface area contributed by atoms with Crippen molar-refractivity contribution in [1.29, 1.82) is 0 Å². The predicted molar refractivity (Wildman–Crippen MR) is 75.4 cm³/mol. The fraction of sp³-hybridized carbons (Fsp3) is 0.231. The van der Waals surface area contributed by atoms with Crippen molar-refractivity contribution in [3.8, 4) is 0 Å². The molecule has 0 aliphatic rings. The molecule has 0 bridgehead atoms. The van der Waals surface area contributed by atoms with Gasteiger partial charge in [-0.25, -0.2) is 22.9 Å². The van der Waals surface area contributed by atoms with E-state index < -0.39 is 16.0 Å². The number of carboxylic acids is 1. The highest BCUT2D eigenvalue weighted by molar-refractivity contribution is 7.89. The molecule has 0 unspecified atom stereocenters. The van der Waals surface area contributed by atoms with Crippen molar-refractivity contribution in [2.24, 2.45) is 0 Å². The third kappa shape index (κ3) is 3.67. The highest BCUT2D eigenvalue weighted by Crippen LogP contribution is 2.09. The van der Waals surface area contributed by atoms with Crippen molar-refractivity contribution in [2.75, 3.05) is 0 Å². The average molecular weight is 309 g/mol. The van der Waals surface area contributed by atoms with Gasteiger partial charge in [-0.05, 0) is 17.7 Å². The van der Waals surface area contributed by atoms with Gasteiger partial charge in [-0.3, -0.25) is 0 Å². The first-order valence-electron chi connectivity index (χ1n) is 6.28. The average Bonchev–Trinajstić information content (AvgIpc) is 2.95. The zero-order chi connectivity index (χ0) is 15.5. The number of benzene rings is 1. The standard InChI is InChI=1S/C13H15N3O4S/c1-2-11-14-8-12(16-11)21(19,20)15-7-9-4-3-5-10(6-9)13(17)18/h3-6,8,15H,2,7H2,1H3,(H,14,16)(H,17,18). The van der Waals surface area contributed by atoms with E-state index in [0.717, 1.165) is 0 Å². The van der Waals surface area contributed by atoms with Gasteiger partial charge < -0.3 is 10.1 Å². The summed E-state index contributed by atoms with van der Waals surface area (Å²) in [6.45, 7) is 1.87. The lowest BCUT2D eigenvalue weighted by Crippen LogP contribution is -2.23. The molecule has 0 aliphatic heterocycles. The number of aromatic amines is 1. The minimum Gasteiger partial charge on any atom is -0.478 e. The molecule has 21 heavy (non-hydrogen) atoms. The van der Waals surface area contributed by atoms with Gasteiger partial charge in [-0.2, -0.15) is 0 Å². The molecule has 0 fully saturated rings. The first-order chi connectivity index (χ1) is 9.92. The van der Waals surface area contributed by atoms with Gasteiger partial charge in [0.25, 0.3) is 10.0 Å². The largest absolute Gasteiger partial charge is 0.478 e. The van der Waals surface area contributed by atoms with Crippen LogP contribution in [0.15, 0.2) is 35.5 Å². The van der Waals surface area contributed by atoms with Crippen LogP contribution in [0, 0.1) is 0 Å². The van der Waals surface area contributed by atoms with Gasteiger partial charge in [0.05, 0.1) is 11.8 Å². The van der Waals surface area contributed by atoms with E-state index in [2.05, 4.69) is 14.7 Å². The number of hydrogen-bond donors (Lipinski definition) is 3. The molecule has 0 saturated heterocycles. The molecule has 0 atom stereocenters. The minimum absolute atomic E-state index is 0.00390. The van der Waals surface area contributed by atoms with E-state index in [1.807, 2.05) is 6.92 Å². The Bertz CT molecular complexity index is 752. The molecule has 1 heterocycles. The zero-order valence-corrected chi connectivity index (χ0v) is 12.1. The Labute approximate surface area is 122 Å². The summed E-state index contributed by atoms with van der Waals surface area (Å²) in [7, 11) is -3.70. The van der Waals surface area contributed by atoms with Gasteiger partial charge in [0.1, 0.15) is 5.82 Å². The van der Waals surface area contributed by atoms with E-state index in [1.54, 1.807) is 12.1 Å². The van der Waals surface area contributed by atoms with Crippen LogP contribution in [0.2, 0.25) is 0 Å². The van der Waals surface area contributed by atoms with Crippen molar-refractivity contribution < 1.29 is 18.3 Å². The molecule has 8 heteroatoms. The van der Waals surface area contributed by atoms with Gasteiger partial charge in [-0.1, -0.05) is 19.1 Å². The highest BCUT2D eigenvalue weighted by atomic mass is 32.2. The molecule has 1 aromatic heterocycles. The Morgan fingerprint density at radius 2 is 2.19 bits per heavy atom. The Morgan fingerprint density at radius 3 is 2.81 bits per heavy atom. The summed E-state index contributed by atoms with van der Waals surface area (Å²) >= 11 is 0. The number of carbonyl (C=O) groups is 1. The minimum atomic E-state index is -3.70. The number of hydrogen-bond acceptors (Lipinski definition) is 4. The lowest BCUT2D eigenvalue weighted by Gasteiger charge is -2.05. The van der Waals surface area contributed by atoms with Crippen LogP contribution in [0.5, 0.6) is 0 Å². The van der Waals surface area contributed by atoms with Crippen LogP contribution in [-0.2, 0) is 23.0 Å². The summed E-state index contributed by atoms with van der Waals surface area (Å²) in [6, 6.07) is 6.09. The fourth-order valence-electron chi connectivity index (χ4n) is 1.73. The molecule has 0 saturated carbocycles. The maximum atomic E-state index is 12.1. The Morgan fingerprint density at radius 1 is 1.43 bits per heavy atom. The maximum Gasteiger partial charge on any atom is 0.335 e. The topological polar surface area (TPSA) is 112 Å². The van der Waals surface area contributed by atoms with Crippen LogP contribution in [0.3, 0.4) is 0 Å². The van der Waals surface area contributed by atoms with Crippen molar-refractivity contribution >= 4 is 16.0 Å². The van der Waals surface area contributed by atoms with Crippen LogP contribution in [0.25, 0.3) is 0 Å². The quantitative estimate of drug-likeness (QED) is 0.741. The number of aryl methyl sites for hydroxylation is 1. The highest BCUT2D eigenvalue weighted by Gasteiger charge is 2.16. The summed E-state index contributed by atoms with van der Waals surface area (Å²) < 4.78 is 26.5. The van der Waals surface area contributed by atoms with Gasteiger partial charge in [-0.15, -0.1) is 0 Å². The Balaban J connectivity index is 2.11. The van der Waals surface area contributed by atoms with Gasteiger partial charge in [0.2, 0.25) is 0 Å². The molecule has 1 aromatic carbocycles. The van der Waals surface area contributed by atoms with E-state index >= 15 is 0 Å². The molecule has 0 spiro atoms. The molecule has 112 valence electrons. The van der Waals surface area contributed by atoms with Crippen LogP contribution in [0.4, 0.5) is 0 Å². The zero-order valence-electron chi connectivity index (χ0n) is 11.3. The lowest BCUT2D eigenvalue weighted by atomic mass is 10.1. The van der Waals surface area contributed by atoms with Crippen molar-refractivity contribution in [2.45, 2.75) is 24.9 Å². The van der Waals surface area contributed by atoms with Crippen molar-refractivity contribution in [3.63, 3.8) is 0 Å². The molecule has 0 amide bonds. The van der Waals surface area contributed by atoms with Gasteiger partial charge in [0, 0.05) is 13.0 Å². The number of H-pyrrole nitrogens is 1. The third-order valence-corrected chi connectivity index (χ3v) is 4.18. The second-order valence-electron chi connectivity index (χ2n) is 4.38. The van der Waals surface area contributed by atoms with Crippen LogP contribution < -0.4 is 4.72 Å². The molecule has 7 nitrogen and oxygen atoms in total. The third-order valence-electron chi connectivity index (χ3n) is 2.87. The molecular formula is C13H15N3O4S. The fourth-order valence-corrected chi connectivity index (χ4v) is 2.69. The normalized spacial score (nSPS) is 11.5. The van der Waals surface area contributed by atoms with Crippen LogP contribution >= 0.6 is 0 Å². The molecule has 0 radical (unpaired) electrons. The molecular weight excluding hydrogens is 294 g/mol. The van der Waals surface area contributed by atoms with Gasteiger partial charge in [0.15, 0.2) is 5.03 Å². The van der Waals surface area contributed by atoms with E-state index in [0.29, 0.717) is 17.8 Å². The second-order valence-corrected chi connectivity index (χ2v) is 6.11. The second kappa shape index (κ2) is 6.06. The summed E-state index contributed by atoms with van der Waals surface area (Å²) in [5.74, 6) is -0.468. The summed E-state index contributed by atoms with van der Waals surface area (Å²) in [4.78, 5) is 17.5. The first-order valence-corrected chi connectivity index (χ1v) is 7.76. The predicted octanol–water partition coefficient (Wildman–Crippen LogP) is 1.15. The summed E-state index contributed by atoms with van der Waals surface area (Å²) in [5, 5.41) is 8.89. The lowest BCUT2D eigenvalue weighted by molar-refractivity contribution is 0.0696. The molecule has 2 aromatic rings. The summed E-state index contributed by atoms with van der Waals surface area (Å²) in [5.41, 5.74) is 0.676. The Hall–Kier alpha value is -2.19. The summed E-state index contributed by atoms with van der Waals surface area (Å²) in [6.07, 6.45) is 1.87. The molecule has 2 rings (SSSR count). The van der Waals surface area contributed by atoms with E-state index in [1.165, 1.54) is 18.3 Å². The smallest absolute Gasteiger partial charge is 0.335 e. The maximum absolute atomic E-state index is 12.1. The van der Waals surface area contributed by atoms with Crippen LogP contribution in [0.1, 0.15) is 28.7 Å². The number of aromatic nitrogens is 2. The number of nitrogens with zero attached hydrogens (tertiary/aromatic N) is 1. The SMILES string of the molecule is CCc1ncc(S(=O)(=O)NCc2cccc(C(=O)O)c2)[nH]1. The van der Waals surface area contributed by atoms with Crippen LogP contribution in [-0.4, -0.2) is 29.5 Å². The monoisotopic (exact) mass is 309 g/mol. The number of carboxylic acid groups (broad SMARTS) is 1. The molecule has 0 aliphatic carbocycles. The molecule has 3 N–H and O–H groups in total. The first kappa shape index (κ1) is 15.2. The van der Waals surface area contributed by atoms with E-state index in [4.69, 9.17) is 5.11 Å². The number of imidazole rings is 1. The van der Waals surface area contributed by atoms with E-state index in [9.17, 15) is 13.2 Å². The van der Waals surface area contributed by atoms with Crippen molar-refractivity contribution in [1.82, 2.24) is 14.7 Å². The number of rotatable bonds is 6. The van der Waals surface area contributed by atoms with Gasteiger partial charge >= 0.3 is 5.97 Å².